The van der Waals surface area contributed by atoms with Crippen LogP contribution in [0.15, 0.2) is 0 Å². The van der Waals surface area contributed by atoms with Crippen LogP contribution in [0, 0.1) is 0 Å². The fraction of sp³-hybridized carbons (Fsp3) is 0.938. The molecule has 0 aromatic carbocycles. The summed E-state index contributed by atoms with van der Waals surface area (Å²) in [4.78, 5) is 37.7. The van der Waals surface area contributed by atoms with Gasteiger partial charge in [-0.3, -0.25) is 14.4 Å². The van der Waals surface area contributed by atoms with Gasteiger partial charge in [0.2, 0.25) is 0 Å². The topological polar surface area (TPSA) is 78.9 Å². The quantitative estimate of drug-likeness (QED) is 0.0349. The second kappa shape index (κ2) is 44.1. The van der Waals surface area contributed by atoms with Crippen molar-refractivity contribution in [2.24, 2.45) is 0 Å². The molecule has 0 radical (unpaired) electrons. The van der Waals surface area contributed by atoms with E-state index in [1.165, 1.54) is 173 Å². The highest BCUT2D eigenvalue weighted by molar-refractivity contribution is 5.71. The van der Waals surface area contributed by atoms with Crippen LogP contribution in [0.2, 0.25) is 0 Å². The molecule has 0 aliphatic heterocycles. The maximum Gasteiger partial charge on any atom is 0.306 e. The molecule has 0 saturated carbocycles. The number of ether oxygens (including phenoxy) is 3. The molecule has 0 aromatic rings. The van der Waals surface area contributed by atoms with Crippen LogP contribution in [0.25, 0.3) is 0 Å². The highest BCUT2D eigenvalue weighted by Gasteiger charge is 2.19. The third-order valence-electron chi connectivity index (χ3n) is 10.9. The minimum atomic E-state index is -0.757. The first-order chi connectivity index (χ1) is 26.5. The van der Waals surface area contributed by atoms with E-state index in [0.29, 0.717) is 19.3 Å². The fourth-order valence-electron chi connectivity index (χ4n) is 7.21. The van der Waals surface area contributed by atoms with E-state index < -0.39 is 6.10 Å². The normalized spacial score (nSPS) is 11.8. The van der Waals surface area contributed by atoms with E-state index in [0.717, 1.165) is 57.8 Å². The minimum Gasteiger partial charge on any atom is -0.462 e. The zero-order valence-corrected chi connectivity index (χ0v) is 36.5. The Morgan fingerprint density at radius 1 is 0.296 bits per heavy atom. The Morgan fingerprint density at radius 3 is 0.741 bits per heavy atom. The van der Waals surface area contributed by atoms with Gasteiger partial charge in [-0.05, 0) is 19.3 Å². The van der Waals surface area contributed by atoms with Crippen molar-refractivity contribution in [3.05, 3.63) is 0 Å². The Balaban J connectivity index is 4.25. The lowest BCUT2D eigenvalue weighted by Crippen LogP contribution is -2.30. The van der Waals surface area contributed by atoms with Gasteiger partial charge in [-0.15, -0.1) is 0 Å². The minimum absolute atomic E-state index is 0.0628. The van der Waals surface area contributed by atoms with Crippen LogP contribution in [0.1, 0.15) is 271 Å². The van der Waals surface area contributed by atoms with E-state index in [2.05, 4.69) is 20.8 Å². The zero-order valence-electron chi connectivity index (χ0n) is 36.5. The summed E-state index contributed by atoms with van der Waals surface area (Å²) in [6.45, 7) is 6.64. The molecule has 0 saturated heterocycles. The monoisotopic (exact) mass is 765 g/mol. The SMILES string of the molecule is CCCCCCCCCCCCCCCCCCCC(=O)O[C@H](COC(=O)CCCCCCCCCCC)COC(=O)CCCCCCCCCCCC. The van der Waals surface area contributed by atoms with Crippen molar-refractivity contribution in [2.45, 2.75) is 277 Å². The van der Waals surface area contributed by atoms with E-state index in [9.17, 15) is 14.4 Å². The number of carbonyl (C=O) groups is 3. The molecule has 0 N–H and O–H groups in total. The first-order valence-electron chi connectivity index (χ1n) is 24.0. The van der Waals surface area contributed by atoms with E-state index >= 15 is 0 Å². The predicted octanol–water partition coefficient (Wildman–Crippen LogP) is 15.3. The van der Waals surface area contributed by atoms with E-state index in [-0.39, 0.29) is 31.1 Å². The van der Waals surface area contributed by atoms with Crippen molar-refractivity contribution in [1.29, 1.82) is 0 Å². The van der Waals surface area contributed by atoms with Crippen molar-refractivity contribution in [1.82, 2.24) is 0 Å². The molecule has 0 spiro atoms. The second-order valence-electron chi connectivity index (χ2n) is 16.4. The molecule has 6 heteroatoms. The molecule has 0 bridgehead atoms. The summed E-state index contributed by atoms with van der Waals surface area (Å²) in [5.41, 5.74) is 0. The first kappa shape index (κ1) is 52.4. The van der Waals surface area contributed by atoms with Gasteiger partial charge in [0.15, 0.2) is 6.10 Å². The van der Waals surface area contributed by atoms with E-state index in [4.69, 9.17) is 14.2 Å². The Morgan fingerprint density at radius 2 is 0.500 bits per heavy atom. The molecule has 320 valence electrons. The third kappa shape index (κ3) is 41.6. The molecule has 0 fully saturated rings. The first-order valence-corrected chi connectivity index (χ1v) is 24.0. The summed E-state index contributed by atoms with van der Waals surface area (Å²) in [6, 6.07) is 0. The lowest BCUT2D eigenvalue weighted by atomic mass is 10.0. The van der Waals surface area contributed by atoms with Gasteiger partial charge in [-0.25, -0.2) is 0 Å². The highest BCUT2D eigenvalue weighted by atomic mass is 16.6. The van der Waals surface area contributed by atoms with Crippen LogP contribution in [0.3, 0.4) is 0 Å². The molecular formula is C48H92O6. The predicted molar refractivity (Wildman–Crippen MR) is 229 cm³/mol. The number of hydrogen-bond acceptors (Lipinski definition) is 6. The largest absolute Gasteiger partial charge is 0.462 e. The molecule has 0 unspecified atom stereocenters. The summed E-state index contributed by atoms with van der Waals surface area (Å²) >= 11 is 0. The summed E-state index contributed by atoms with van der Waals surface area (Å²) in [5.74, 6) is -0.852. The van der Waals surface area contributed by atoms with Crippen molar-refractivity contribution in [3.63, 3.8) is 0 Å². The van der Waals surface area contributed by atoms with Crippen molar-refractivity contribution >= 4 is 17.9 Å². The third-order valence-corrected chi connectivity index (χ3v) is 10.9. The number of hydrogen-bond donors (Lipinski definition) is 0. The van der Waals surface area contributed by atoms with E-state index in [1.807, 2.05) is 0 Å². The second-order valence-corrected chi connectivity index (χ2v) is 16.4. The molecule has 0 aliphatic rings. The maximum atomic E-state index is 12.7. The zero-order chi connectivity index (χ0) is 39.4. The lowest BCUT2D eigenvalue weighted by molar-refractivity contribution is -0.167. The molecule has 0 amide bonds. The maximum absolute atomic E-state index is 12.7. The van der Waals surface area contributed by atoms with Crippen molar-refractivity contribution in [2.75, 3.05) is 13.2 Å². The van der Waals surface area contributed by atoms with Crippen LogP contribution in [-0.4, -0.2) is 37.2 Å². The van der Waals surface area contributed by atoms with E-state index in [1.54, 1.807) is 0 Å². The van der Waals surface area contributed by atoms with Crippen molar-refractivity contribution < 1.29 is 28.6 Å². The molecular weight excluding hydrogens is 673 g/mol. The van der Waals surface area contributed by atoms with Crippen LogP contribution in [0.4, 0.5) is 0 Å². The summed E-state index contributed by atoms with van der Waals surface area (Å²) in [5, 5.41) is 0. The number of rotatable bonds is 44. The Bertz CT molecular complexity index is 798. The lowest BCUT2D eigenvalue weighted by Gasteiger charge is -2.18. The average molecular weight is 765 g/mol. The molecule has 54 heavy (non-hydrogen) atoms. The van der Waals surface area contributed by atoms with Gasteiger partial charge >= 0.3 is 17.9 Å². The van der Waals surface area contributed by atoms with Crippen LogP contribution in [-0.2, 0) is 28.6 Å². The number of unbranched alkanes of at least 4 members (excludes halogenated alkanes) is 33. The highest BCUT2D eigenvalue weighted by Crippen LogP contribution is 2.16. The van der Waals surface area contributed by atoms with Gasteiger partial charge in [0.1, 0.15) is 13.2 Å². The number of carbonyl (C=O) groups excluding carboxylic acids is 3. The Hall–Kier alpha value is -1.59. The van der Waals surface area contributed by atoms with Crippen LogP contribution >= 0.6 is 0 Å². The molecule has 0 rings (SSSR count). The Labute approximate surface area is 336 Å². The van der Waals surface area contributed by atoms with Crippen molar-refractivity contribution in [3.8, 4) is 0 Å². The molecule has 0 heterocycles. The Kier molecular flexibility index (Phi) is 42.8. The van der Waals surface area contributed by atoms with Crippen LogP contribution < -0.4 is 0 Å². The molecule has 0 aliphatic carbocycles. The standard InChI is InChI=1S/C48H92O6/c1-4-7-10-13-16-19-21-22-23-24-25-26-27-30-33-36-39-42-48(51)54-45(43-52-46(49)40-37-34-31-28-18-15-12-9-6-3)44-53-47(50)41-38-35-32-29-20-17-14-11-8-5-2/h45H,4-44H2,1-3H3/t45-/m1/s1. The van der Waals surface area contributed by atoms with Gasteiger partial charge in [-0.1, -0.05) is 233 Å². The summed E-state index contributed by atoms with van der Waals surface area (Å²) in [7, 11) is 0. The van der Waals surface area contributed by atoms with Gasteiger partial charge in [-0.2, -0.15) is 0 Å². The van der Waals surface area contributed by atoms with Gasteiger partial charge < -0.3 is 14.2 Å². The van der Waals surface area contributed by atoms with Gasteiger partial charge in [0.25, 0.3) is 0 Å². The van der Waals surface area contributed by atoms with Gasteiger partial charge in [0, 0.05) is 19.3 Å². The molecule has 6 nitrogen and oxygen atoms in total. The van der Waals surface area contributed by atoms with Crippen LogP contribution in [0.5, 0.6) is 0 Å². The summed E-state index contributed by atoms with van der Waals surface area (Å²) < 4.78 is 16.7. The molecule has 0 aromatic heterocycles. The summed E-state index contributed by atoms with van der Waals surface area (Å²) in [6.07, 6.45) is 45.2. The average Bonchev–Trinajstić information content (AvgIpc) is 3.17. The smallest absolute Gasteiger partial charge is 0.306 e. The van der Waals surface area contributed by atoms with Gasteiger partial charge in [0.05, 0.1) is 0 Å². The number of esters is 3. The molecule has 1 atom stereocenters. The fourth-order valence-corrected chi connectivity index (χ4v) is 7.21.